The monoisotopic (exact) mass is 251 g/mol. The lowest BCUT2D eigenvalue weighted by molar-refractivity contribution is -0.123. The molecule has 0 spiro atoms. The van der Waals surface area contributed by atoms with Crippen molar-refractivity contribution in [1.29, 1.82) is 0 Å². The number of benzene rings is 2. The lowest BCUT2D eigenvalue weighted by Gasteiger charge is -2.20. The fourth-order valence-electron chi connectivity index (χ4n) is 2.57. The molecule has 0 N–H and O–H groups in total. The quantitative estimate of drug-likeness (QED) is 0.530. The molecular formula is C16H13NO2. The van der Waals surface area contributed by atoms with Crippen LogP contribution < -0.4 is 0 Å². The first kappa shape index (κ1) is 11.7. The highest BCUT2D eigenvalue weighted by molar-refractivity contribution is 6.10. The summed E-state index contributed by atoms with van der Waals surface area (Å²) in [7, 11) is 0. The maximum atomic E-state index is 11.4. The van der Waals surface area contributed by atoms with Crippen LogP contribution in [0, 0.1) is 0 Å². The van der Waals surface area contributed by atoms with Crippen LogP contribution in [0.25, 0.3) is 21.8 Å². The Kier molecular flexibility index (Phi) is 2.49. The summed E-state index contributed by atoms with van der Waals surface area (Å²) in [5, 5.41) is 2.10. The van der Waals surface area contributed by atoms with Gasteiger partial charge in [0, 0.05) is 10.8 Å². The number of hydrogen-bond donors (Lipinski definition) is 0. The Morgan fingerprint density at radius 2 is 1.26 bits per heavy atom. The standard InChI is InChI=1S/C16H13NO2/c1-16(10-18,11-19)17-14-8-4-2-6-12(14)13-7-3-5-9-15(13)17/h2-11H,1H3. The van der Waals surface area contributed by atoms with Crippen molar-refractivity contribution in [2.75, 3.05) is 0 Å². The third-order valence-electron chi connectivity index (χ3n) is 3.54. The molecule has 0 fully saturated rings. The molecular weight excluding hydrogens is 238 g/mol. The summed E-state index contributed by atoms with van der Waals surface area (Å²) in [6, 6.07) is 15.6. The van der Waals surface area contributed by atoms with Crippen LogP contribution in [0.4, 0.5) is 0 Å². The van der Waals surface area contributed by atoms with Gasteiger partial charge in [0.1, 0.15) is 0 Å². The van der Waals surface area contributed by atoms with E-state index < -0.39 is 5.54 Å². The molecule has 0 aliphatic carbocycles. The number of para-hydroxylation sites is 2. The van der Waals surface area contributed by atoms with E-state index >= 15 is 0 Å². The molecule has 3 rings (SSSR count). The highest BCUT2D eigenvalue weighted by Crippen LogP contribution is 2.32. The van der Waals surface area contributed by atoms with Gasteiger partial charge in [-0.05, 0) is 19.1 Å². The van der Waals surface area contributed by atoms with E-state index in [9.17, 15) is 9.59 Å². The molecule has 3 nitrogen and oxygen atoms in total. The molecule has 0 radical (unpaired) electrons. The van der Waals surface area contributed by atoms with Gasteiger partial charge in [0.05, 0.1) is 11.0 Å². The van der Waals surface area contributed by atoms with Gasteiger partial charge in [-0.15, -0.1) is 0 Å². The molecule has 3 aromatic rings. The molecule has 0 atom stereocenters. The van der Waals surface area contributed by atoms with E-state index in [1.807, 2.05) is 48.5 Å². The normalized spacial score (nSPS) is 11.8. The van der Waals surface area contributed by atoms with Crippen LogP contribution in [0.3, 0.4) is 0 Å². The number of hydrogen-bond acceptors (Lipinski definition) is 2. The summed E-state index contributed by atoms with van der Waals surface area (Å²) in [6.45, 7) is 1.63. The Balaban J connectivity index is 2.57. The molecule has 0 unspecified atom stereocenters. The summed E-state index contributed by atoms with van der Waals surface area (Å²) in [6.07, 6.45) is 1.39. The maximum Gasteiger partial charge on any atom is 0.153 e. The number of nitrogens with zero attached hydrogens (tertiary/aromatic N) is 1. The number of fused-ring (bicyclic) bond motifs is 3. The second-order valence-corrected chi connectivity index (χ2v) is 4.83. The average molecular weight is 251 g/mol. The number of aldehydes is 2. The Bertz CT molecular complexity index is 724. The largest absolute Gasteiger partial charge is 0.321 e. The topological polar surface area (TPSA) is 39.1 Å². The molecule has 1 aromatic heterocycles. The smallest absolute Gasteiger partial charge is 0.153 e. The number of aromatic nitrogens is 1. The van der Waals surface area contributed by atoms with Crippen LogP contribution in [0.1, 0.15) is 6.92 Å². The predicted molar refractivity (Wildman–Crippen MR) is 75.2 cm³/mol. The zero-order valence-corrected chi connectivity index (χ0v) is 10.5. The maximum absolute atomic E-state index is 11.4. The molecule has 0 saturated carbocycles. The minimum absolute atomic E-state index is 0.693. The Morgan fingerprint density at radius 1 is 0.842 bits per heavy atom. The van der Waals surface area contributed by atoms with Gasteiger partial charge < -0.3 is 14.2 Å². The summed E-state index contributed by atoms with van der Waals surface area (Å²) < 4.78 is 1.80. The second-order valence-electron chi connectivity index (χ2n) is 4.83. The summed E-state index contributed by atoms with van der Waals surface area (Å²) in [4.78, 5) is 22.8. The molecule has 0 aliphatic rings. The van der Waals surface area contributed by atoms with E-state index in [-0.39, 0.29) is 0 Å². The third kappa shape index (κ3) is 1.51. The third-order valence-corrected chi connectivity index (χ3v) is 3.54. The van der Waals surface area contributed by atoms with Crippen molar-refractivity contribution in [1.82, 2.24) is 4.57 Å². The summed E-state index contributed by atoms with van der Waals surface area (Å²) >= 11 is 0. The minimum atomic E-state index is -1.18. The molecule has 0 aliphatic heterocycles. The first-order chi connectivity index (χ1) is 9.21. The van der Waals surface area contributed by atoms with Crippen molar-refractivity contribution in [3.8, 4) is 0 Å². The van der Waals surface area contributed by atoms with Gasteiger partial charge in [-0.25, -0.2) is 0 Å². The molecule has 94 valence electrons. The number of carbonyl (C=O) groups is 2. The summed E-state index contributed by atoms with van der Waals surface area (Å²) in [5.41, 5.74) is 0.610. The molecule has 2 aromatic carbocycles. The van der Waals surface area contributed by atoms with Crippen LogP contribution in [0.15, 0.2) is 48.5 Å². The van der Waals surface area contributed by atoms with Crippen LogP contribution in [-0.4, -0.2) is 17.1 Å². The SMILES string of the molecule is CC(C=O)(C=O)n1c2ccccc2c2ccccc21. The zero-order chi connectivity index (χ0) is 13.5. The summed E-state index contributed by atoms with van der Waals surface area (Å²) in [5.74, 6) is 0. The van der Waals surface area contributed by atoms with E-state index in [0.29, 0.717) is 12.6 Å². The van der Waals surface area contributed by atoms with Crippen LogP contribution >= 0.6 is 0 Å². The Labute approximate surface area is 110 Å². The fraction of sp³-hybridized carbons (Fsp3) is 0.125. The van der Waals surface area contributed by atoms with E-state index in [4.69, 9.17) is 0 Å². The van der Waals surface area contributed by atoms with Crippen LogP contribution in [0.5, 0.6) is 0 Å². The van der Waals surface area contributed by atoms with Gasteiger partial charge in [0.2, 0.25) is 0 Å². The van der Waals surface area contributed by atoms with Crippen LogP contribution in [0.2, 0.25) is 0 Å². The molecule has 3 heteroatoms. The highest BCUT2D eigenvalue weighted by Gasteiger charge is 2.28. The molecule has 0 saturated heterocycles. The van der Waals surface area contributed by atoms with Crippen molar-refractivity contribution >= 4 is 34.4 Å². The fourth-order valence-corrected chi connectivity index (χ4v) is 2.57. The minimum Gasteiger partial charge on any atom is -0.321 e. The lowest BCUT2D eigenvalue weighted by atomic mass is 10.1. The Morgan fingerprint density at radius 3 is 1.68 bits per heavy atom. The van der Waals surface area contributed by atoms with Crippen molar-refractivity contribution in [2.45, 2.75) is 12.5 Å². The molecule has 0 bridgehead atoms. The molecule has 0 amide bonds. The average Bonchev–Trinajstić information content (AvgIpc) is 2.82. The zero-order valence-electron chi connectivity index (χ0n) is 10.5. The number of carbonyl (C=O) groups excluding carboxylic acids is 2. The van der Waals surface area contributed by atoms with Crippen molar-refractivity contribution < 1.29 is 9.59 Å². The van der Waals surface area contributed by atoms with E-state index in [1.165, 1.54) is 0 Å². The second kappa shape index (κ2) is 4.05. The van der Waals surface area contributed by atoms with Gasteiger partial charge in [-0.2, -0.15) is 0 Å². The first-order valence-electron chi connectivity index (χ1n) is 6.12. The highest BCUT2D eigenvalue weighted by atomic mass is 16.1. The van der Waals surface area contributed by atoms with Gasteiger partial charge in [-0.1, -0.05) is 36.4 Å². The van der Waals surface area contributed by atoms with Gasteiger partial charge >= 0.3 is 0 Å². The van der Waals surface area contributed by atoms with Gasteiger partial charge in [0.15, 0.2) is 18.1 Å². The predicted octanol–water partition coefficient (Wildman–Crippen LogP) is 2.91. The van der Waals surface area contributed by atoms with Gasteiger partial charge in [0.25, 0.3) is 0 Å². The first-order valence-corrected chi connectivity index (χ1v) is 6.12. The van der Waals surface area contributed by atoms with Crippen molar-refractivity contribution in [2.24, 2.45) is 0 Å². The van der Waals surface area contributed by atoms with E-state index in [1.54, 1.807) is 11.5 Å². The lowest BCUT2D eigenvalue weighted by Crippen LogP contribution is -2.33. The molecule has 1 heterocycles. The van der Waals surface area contributed by atoms with Gasteiger partial charge in [-0.3, -0.25) is 0 Å². The van der Waals surface area contributed by atoms with E-state index in [0.717, 1.165) is 21.8 Å². The number of rotatable bonds is 3. The Hall–Kier alpha value is -2.42. The van der Waals surface area contributed by atoms with Crippen molar-refractivity contribution in [3.05, 3.63) is 48.5 Å². The van der Waals surface area contributed by atoms with Crippen LogP contribution in [-0.2, 0) is 15.1 Å². The van der Waals surface area contributed by atoms with E-state index in [2.05, 4.69) is 0 Å². The molecule has 19 heavy (non-hydrogen) atoms. The van der Waals surface area contributed by atoms with Crippen molar-refractivity contribution in [3.63, 3.8) is 0 Å².